The van der Waals surface area contributed by atoms with Gasteiger partial charge in [-0.25, -0.2) is 9.59 Å². The second-order valence-electron chi connectivity index (χ2n) is 6.05. The molecule has 0 aliphatic heterocycles. The summed E-state index contributed by atoms with van der Waals surface area (Å²) >= 11 is 0. The molecule has 0 aliphatic carbocycles. The second kappa shape index (κ2) is 7.29. The van der Waals surface area contributed by atoms with Gasteiger partial charge in [-0.05, 0) is 61.4 Å². The summed E-state index contributed by atoms with van der Waals surface area (Å²) in [6, 6.07) is 13.3. The molecule has 27 heavy (non-hydrogen) atoms. The minimum Gasteiger partial charge on any atom is -0.478 e. The molecule has 2 aromatic carbocycles. The molecule has 0 aliphatic rings. The van der Waals surface area contributed by atoms with Crippen molar-refractivity contribution in [1.29, 1.82) is 0 Å². The lowest BCUT2D eigenvalue weighted by atomic mass is 10.0. The van der Waals surface area contributed by atoms with Crippen LogP contribution in [0.1, 0.15) is 37.6 Å². The number of hydrogen-bond donors (Lipinski definition) is 2. The Hall–Kier alpha value is -3.67. The van der Waals surface area contributed by atoms with Crippen molar-refractivity contribution in [3.05, 3.63) is 76.5 Å². The summed E-state index contributed by atoms with van der Waals surface area (Å²) in [4.78, 5) is 26.6. The maximum absolute atomic E-state index is 11.2. The van der Waals surface area contributed by atoms with Gasteiger partial charge in [0.05, 0.1) is 23.0 Å². The lowest BCUT2D eigenvalue weighted by Crippen LogP contribution is -1.99. The van der Waals surface area contributed by atoms with Crippen LogP contribution >= 0.6 is 0 Å². The Bertz CT molecular complexity index is 1060. The number of rotatable bonds is 5. The molecule has 0 radical (unpaired) electrons. The van der Waals surface area contributed by atoms with E-state index in [1.165, 1.54) is 18.3 Å². The van der Waals surface area contributed by atoms with Gasteiger partial charge < -0.3 is 14.6 Å². The largest absolute Gasteiger partial charge is 0.478 e. The number of carbonyl (C=O) groups is 2. The fourth-order valence-electron chi connectivity index (χ4n) is 2.77. The van der Waals surface area contributed by atoms with Gasteiger partial charge in [0, 0.05) is 5.56 Å². The molecule has 1 aromatic heterocycles. The molecule has 6 nitrogen and oxygen atoms in total. The average Bonchev–Trinajstić information content (AvgIpc) is 3.09. The van der Waals surface area contributed by atoms with Gasteiger partial charge in [-0.2, -0.15) is 0 Å². The van der Waals surface area contributed by atoms with E-state index in [9.17, 15) is 14.7 Å². The number of nitrogens with zero attached hydrogens (tertiary/aromatic N) is 1. The maximum atomic E-state index is 11.2. The molecule has 3 rings (SSSR count). The van der Waals surface area contributed by atoms with Crippen molar-refractivity contribution in [3.63, 3.8) is 0 Å². The molecule has 0 saturated carbocycles. The van der Waals surface area contributed by atoms with Crippen LogP contribution in [0, 0.1) is 13.8 Å². The number of aryl methyl sites for hydroxylation is 1. The molecule has 0 fully saturated rings. The number of hydrogen-bond acceptors (Lipinski definition) is 4. The molecular formula is C21H17NO5. The standard InChI is InChI=1S/C21H17NO5/c1-12-10-14(20(23)24)6-8-16(12)19-9-7-15(27-19)11-22-18-5-3-4-17(13(18)2)21(25)26/h3-11H,1-2H3,(H,23,24)(H,25,26). The molecule has 0 saturated heterocycles. The van der Waals surface area contributed by atoms with E-state index in [2.05, 4.69) is 4.99 Å². The highest BCUT2D eigenvalue weighted by atomic mass is 16.4. The molecule has 2 N–H and O–H groups in total. The average molecular weight is 363 g/mol. The molecule has 0 bridgehead atoms. The first kappa shape index (κ1) is 18.1. The Morgan fingerprint density at radius 2 is 1.78 bits per heavy atom. The van der Waals surface area contributed by atoms with Crippen molar-refractivity contribution in [2.75, 3.05) is 0 Å². The Kier molecular flexibility index (Phi) is 4.90. The molecule has 0 spiro atoms. The van der Waals surface area contributed by atoms with E-state index in [4.69, 9.17) is 9.52 Å². The number of carboxylic acids is 2. The third-order valence-electron chi connectivity index (χ3n) is 4.23. The van der Waals surface area contributed by atoms with E-state index >= 15 is 0 Å². The summed E-state index contributed by atoms with van der Waals surface area (Å²) in [6.07, 6.45) is 1.53. The highest BCUT2D eigenvalue weighted by molar-refractivity contribution is 5.92. The molecule has 0 atom stereocenters. The summed E-state index contributed by atoms with van der Waals surface area (Å²) in [7, 11) is 0. The molecule has 0 amide bonds. The molecule has 6 heteroatoms. The summed E-state index contributed by atoms with van der Waals surface area (Å²) in [5.41, 5.74) is 3.14. The highest BCUT2D eigenvalue weighted by Gasteiger charge is 2.11. The van der Waals surface area contributed by atoms with Crippen molar-refractivity contribution in [2.24, 2.45) is 4.99 Å². The first-order valence-electron chi connectivity index (χ1n) is 8.18. The molecule has 1 heterocycles. The van der Waals surface area contributed by atoms with E-state index in [0.29, 0.717) is 22.8 Å². The monoisotopic (exact) mass is 363 g/mol. The van der Waals surface area contributed by atoms with Crippen LogP contribution in [0.15, 0.2) is 57.9 Å². The van der Waals surface area contributed by atoms with Gasteiger partial charge in [-0.15, -0.1) is 0 Å². The number of aliphatic imine (C=N–C) groups is 1. The smallest absolute Gasteiger partial charge is 0.336 e. The van der Waals surface area contributed by atoms with E-state index in [1.54, 1.807) is 43.3 Å². The Balaban J connectivity index is 1.87. The summed E-state index contributed by atoms with van der Waals surface area (Å²) < 4.78 is 5.78. The zero-order chi connectivity index (χ0) is 19.6. The zero-order valence-electron chi connectivity index (χ0n) is 14.8. The van der Waals surface area contributed by atoms with Crippen molar-refractivity contribution in [3.8, 4) is 11.3 Å². The van der Waals surface area contributed by atoms with Gasteiger partial charge in [0.25, 0.3) is 0 Å². The normalized spacial score (nSPS) is 11.0. The SMILES string of the molecule is Cc1cc(C(=O)O)ccc1-c1ccc(C=Nc2cccc(C(=O)O)c2C)o1. The minimum atomic E-state index is -0.995. The van der Waals surface area contributed by atoms with E-state index < -0.39 is 11.9 Å². The highest BCUT2D eigenvalue weighted by Crippen LogP contribution is 2.27. The zero-order valence-corrected chi connectivity index (χ0v) is 14.8. The first-order chi connectivity index (χ1) is 12.9. The van der Waals surface area contributed by atoms with Crippen LogP contribution < -0.4 is 0 Å². The Labute approximate surface area is 155 Å². The van der Waals surface area contributed by atoms with Gasteiger partial charge in [-0.3, -0.25) is 4.99 Å². The van der Waals surface area contributed by atoms with Crippen LogP contribution in [0.3, 0.4) is 0 Å². The van der Waals surface area contributed by atoms with Crippen LogP contribution in [0.4, 0.5) is 5.69 Å². The van der Waals surface area contributed by atoms with E-state index in [-0.39, 0.29) is 11.1 Å². The molecule has 3 aromatic rings. The Morgan fingerprint density at radius 1 is 1.00 bits per heavy atom. The minimum absolute atomic E-state index is 0.207. The predicted molar refractivity (Wildman–Crippen MR) is 101 cm³/mol. The fourth-order valence-corrected chi connectivity index (χ4v) is 2.77. The van der Waals surface area contributed by atoms with Crippen molar-refractivity contribution < 1.29 is 24.2 Å². The number of aromatic carboxylic acids is 2. The summed E-state index contributed by atoms with van der Waals surface area (Å²) in [5, 5.41) is 18.2. The molecule has 136 valence electrons. The quantitative estimate of drug-likeness (QED) is 0.639. The predicted octanol–water partition coefficient (Wildman–Crippen LogP) is 4.71. The lowest BCUT2D eigenvalue weighted by Gasteiger charge is -2.04. The van der Waals surface area contributed by atoms with E-state index in [1.807, 2.05) is 6.92 Å². The first-order valence-corrected chi connectivity index (χ1v) is 8.18. The second-order valence-corrected chi connectivity index (χ2v) is 6.05. The van der Waals surface area contributed by atoms with Gasteiger partial charge in [0.15, 0.2) is 0 Å². The Morgan fingerprint density at radius 3 is 2.44 bits per heavy atom. The summed E-state index contributed by atoms with van der Waals surface area (Å²) in [5.74, 6) is -0.866. The van der Waals surface area contributed by atoms with Crippen molar-refractivity contribution in [1.82, 2.24) is 0 Å². The lowest BCUT2D eigenvalue weighted by molar-refractivity contribution is 0.0685. The molecular weight excluding hydrogens is 346 g/mol. The third-order valence-corrected chi connectivity index (χ3v) is 4.23. The third kappa shape index (κ3) is 3.79. The van der Waals surface area contributed by atoms with Gasteiger partial charge >= 0.3 is 11.9 Å². The van der Waals surface area contributed by atoms with Crippen LogP contribution in [-0.4, -0.2) is 28.4 Å². The number of carboxylic acid groups (broad SMARTS) is 2. The van der Waals surface area contributed by atoms with Crippen LogP contribution in [-0.2, 0) is 0 Å². The number of furan rings is 1. The van der Waals surface area contributed by atoms with Gasteiger partial charge in [0.1, 0.15) is 11.5 Å². The van der Waals surface area contributed by atoms with Crippen LogP contribution in [0.5, 0.6) is 0 Å². The molecule has 0 unspecified atom stereocenters. The van der Waals surface area contributed by atoms with E-state index in [0.717, 1.165) is 11.1 Å². The number of benzene rings is 2. The topological polar surface area (TPSA) is 100 Å². The maximum Gasteiger partial charge on any atom is 0.336 e. The fraction of sp³-hybridized carbons (Fsp3) is 0.0952. The van der Waals surface area contributed by atoms with Crippen molar-refractivity contribution >= 4 is 23.8 Å². The van der Waals surface area contributed by atoms with Gasteiger partial charge in [-0.1, -0.05) is 12.1 Å². The summed E-state index contributed by atoms with van der Waals surface area (Å²) in [6.45, 7) is 3.52. The van der Waals surface area contributed by atoms with Crippen LogP contribution in [0.2, 0.25) is 0 Å². The van der Waals surface area contributed by atoms with Crippen molar-refractivity contribution in [2.45, 2.75) is 13.8 Å². The van der Waals surface area contributed by atoms with Crippen LogP contribution in [0.25, 0.3) is 11.3 Å². The van der Waals surface area contributed by atoms with Gasteiger partial charge in [0.2, 0.25) is 0 Å².